The van der Waals surface area contributed by atoms with Crippen LogP contribution in [-0.2, 0) is 10.5 Å². The third kappa shape index (κ3) is 5.96. The van der Waals surface area contributed by atoms with Gasteiger partial charge in [0.05, 0.1) is 12.7 Å². The number of methoxy groups -OCH3 is 1. The molecule has 0 aliphatic heterocycles. The summed E-state index contributed by atoms with van der Waals surface area (Å²) < 4.78 is 4.65. The normalized spacial score (nSPS) is 10.0. The number of carbonyl (C=O) groups is 2. The van der Waals surface area contributed by atoms with E-state index in [4.69, 9.17) is 0 Å². The van der Waals surface area contributed by atoms with Gasteiger partial charge in [-0.05, 0) is 23.8 Å². The number of thioether (sulfide) groups is 1. The standard InChI is InChI=1S/C18H20N2O3S/c1-23-17(21)15-8-5-9-16(12-15)20-18(22)19-10-11-24-13-14-6-3-2-4-7-14/h2-9,12H,10-11,13H2,1H3,(H2,19,20,22). The van der Waals surface area contributed by atoms with Gasteiger partial charge in [-0.2, -0.15) is 11.8 Å². The van der Waals surface area contributed by atoms with Crippen molar-refractivity contribution < 1.29 is 14.3 Å². The van der Waals surface area contributed by atoms with E-state index in [9.17, 15) is 9.59 Å². The van der Waals surface area contributed by atoms with E-state index in [1.807, 2.05) is 18.2 Å². The molecule has 0 aliphatic carbocycles. The Balaban J connectivity index is 1.69. The van der Waals surface area contributed by atoms with Crippen LogP contribution in [0.3, 0.4) is 0 Å². The highest BCUT2D eigenvalue weighted by atomic mass is 32.2. The number of anilines is 1. The zero-order valence-electron chi connectivity index (χ0n) is 13.5. The fourth-order valence-corrected chi connectivity index (χ4v) is 2.84. The molecule has 2 aromatic carbocycles. The van der Waals surface area contributed by atoms with Gasteiger partial charge >= 0.3 is 12.0 Å². The summed E-state index contributed by atoms with van der Waals surface area (Å²) in [4.78, 5) is 23.3. The van der Waals surface area contributed by atoms with Crippen LogP contribution < -0.4 is 10.6 Å². The second kappa shape index (κ2) is 9.62. The minimum atomic E-state index is -0.434. The van der Waals surface area contributed by atoms with E-state index in [2.05, 4.69) is 27.5 Å². The molecule has 126 valence electrons. The van der Waals surface area contributed by atoms with E-state index < -0.39 is 5.97 Å². The van der Waals surface area contributed by atoms with Crippen molar-refractivity contribution >= 4 is 29.4 Å². The molecule has 0 saturated heterocycles. The molecule has 0 heterocycles. The zero-order chi connectivity index (χ0) is 17.2. The molecule has 2 amide bonds. The first-order valence-electron chi connectivity index (χ1n) is 7.54. The molecule has 5 nitrogen and oxygen atoms in total. The number of amides is 2. The number of ether oxygens (including phenoxy) is 1. The van der Waals surface area contributed by atoms with Crippen LogP contribution in [0.5, 0.6) is 0 Å². The van der Waals surface area contributed by atoms with Crippen LogP contribution in [0.15, 0.2) is 54.6 Å². The summed E-state index contributed by atoms with van der Waals surface area (Å²) in [5.74, 6) is 1.31. The van der Waals surface area contributed by atoms with Crippen molar-refractivity contribution in [3.63, 3.8) is 0 Å². The molecule has 0 unspecified atom stereocenters. The Morgan fingerprint density at radius 2 is 1.88 bits per heavy atom. The van der Waals surface area contributed by atoms with Crippen LogP contribution in [0.2, 0.25) is 0 Å². The van der Waals surface area contributed by atoms with Crippen molar-refractivity contribution in [2.75, 3.05) is 24.7 Å². The quantitative estimate of drug-likeness (QED) is 0.596. The minimum absolute atomic E-state index is 0.294. The Morgan fingerprint density at radius 1 is 1.08 bits per heavy atom. The number of hydrogen-bond acceptors (Lipinski definition) is 4. The van der Waals surface area contributed by atoms with Crippen molar-refractivity contribution in [2.24, 2.45) is 0 Å². The van der Waals surface area contributed by atoms with Crippen LogP contribution in [0.25, 0.3) is 0 Å². The third-order valence-corrected chi connectivity index (χ3v) is 4.22. The van der Waals surface area contributed by atoms with Gasteiger partial charge in [-0.15, -0.1) is 0 Å². The molecule has 0 saturated carbocycles. The molecule has 0 fully saturated rings. The second-order valence-electron chi connectivity index (χ2n) is 4.99. The lowest BCUT2D eigenvalue weighted by molar-refractivity contribution is 0.0600. The molecule has 2 aromatic rings. The average Bonchev–Trinajstić information content (AvgIpc) is 2.62. The van der Waals surface area contributed by atoms with Crippen molar-refractivity contribution in [3.05, 3.63) is 65.7 Å². The molecule has 0 aromatic heterocycles. The third-order valence-electron chi connectivity index (χ3n) is 3.19. The Hall–Kier alpha value is -2.47. The fourth-order valence-electron chi connectivity index (χ4n) is 2.02. The first kappa shape index (κ1) is 17.9. The summed E-state index contributed by atoms with van der Waals surface area (Å²) in [6, 6.07) is 16.5. The van der Waals surface area contributed by atoms with Gasteiger partial charge in [-0.3, -0.25) is 0 Å². The number of esters is 1. The molecule has 2 rings (SSSR count). The Morgan fingerprint density at radius 3 is 2.62 bits per heavy atom. The summed E-state index contributed by atoms with van der Waals surface area (Å²) >= 11 is 1.76. The number of nitrogens with one attached hydrogen (secondary N) is 2. The first-order chi connectivity index (χ1) is 11.7. The molecule has 0 spiro atoms. The van der Waals surface area contributed by atoms with E-state index in [1.54, 1.807) is 36.0 Å². The van der Waals surface area contributed by atoms with Gasteiger partial charge in [0.15, 0.2) is 0 Å². The van der Waals surface area contributed by atoms with Gasteiger partial charge < -0.3 is 15.4 Å². The van der Waals surface area contributed by atoms with E-state index in [0.717, 1.165) is 11.5 Å². The molecular formula is C18H20N2O3S. The second-order valence-corrected chi connectivity index (χ2v) is 6.10. The summed E-state index contributed by atoms with van der Waals surface area (Å²) in [7, 11) is 1.32. The van der Waals surface area contributed by atoms with Crippen molar-refractivity contribution in [1.29, 1.82) is 0 Å². The van der Waals surface area contributed by atoms with Crippen LogP contribution in [0.1, 0.15) is 15.9 Å². The highest BCUT2D eigenvalue weighted by molar-refractivity contribution is 7.98. The summed E-state index contributed by atoms with van der Waals surface area (Å²) in [5, 5.41) is 5.50. The van der Waals surface area contributed by atoms with E-state index in [-0.39, 0.29) is 6.03 Å². The summed E-state index contributed by atoms with van der Waals surface area (Å²) in [6.45, 7) is 0.569. The summed E-state index contributed by atoms with van der Waals surface area (Å²) in [6.07, 6.45) is 0. The molecule has 0 bridgehead atoms. The SMILES string of the molecule is COC(=O)c1cccc(NC(=O)NCCSCc2ccccc2)c1. The molecule has 0 radical (unpaired) electrons. The number of hydrogen-bond donors (Lipinski definition) is 2. The number of rotatable bonds is 7. The van der Waals surface area contributed by atoms with Gasteiger partial charge in [0.2, 0.25) is 0 Å². The lowest BCUT2D eigenvalue weighted by Crippen LogP contribution is -2.30. The molecule has 6 heteroatoms. The smallest absolute Gasteiger partial charge is 0.337 e. The highest BCUT2D eigenvalue weighted by Crippen LogP contribution is 2.12. The lowest BCUT2D eigenvalue weighted by atomic mass is 10.2. The van der Waals surface area contributed by atoms with Gasteiger partial charge in [-0.25, -0.2) is 9.59 Å². The van der Waals surface area contributed by atoms with Gasteiger partial charge in [0.1, 0.15) is 0 Å². The maximum Gasteiger partial charge on any atom is 0.337 e. The molecule has 0 aliphatic rings. The van der Waals surface area contributed by atoms with Crippen LogP contribution in [-0.4, -0.2) is 31.4 Å². The van der Waals surface area contributed by atoms with Crippen LogP contribution in [0, 0.1) is 0 Å². The highest BCUT2D eigenvalue weighted by Gasteiger charge is 2.07. The number of carbonyl (C=O) groups excluding carboxylic acids is 2. The van der Waals surface area contributed by atoms with Crippen molar-refractivity contribution in [3.8, 4) is 0 Å². The lowest BCUT2D eigenvalue weighted by Gasteiger charge is -2.08. The predicted octanol–water partition coefficient (Wildman–Crippen LogP) is 3.53. The predicted molar refractivity (Wildman–Crippen MR) is 97.4 cm³/mol. The maximum absolute atomic E-state index is 11.8. The number of benzene rings is 2. The minimum Gasteiger partial charge on any atom is -0.465 e. The fraction of sp³-hybridized carbons (Fsp3) is 0.222. The Bertz CT molecular complexity index is 677. The van der Waals surface area contributed by atoms with E-state index in [1.165, 1.54) is 12.7 Å². The Labute approximate surface area is 145 Å². The van der Waals surface area contributed by atoms with Gasteiger partial charge in [0, 0.05) is 23.7 Å². The van der Waals surface area contributed by atoms with Crippen LogP contribution >= 0.6 is 11.8 Å². The molecule has 0 atom stereocenters. The first-order valence-corrected chi connectivity index (χ1v) is 8.69. The van der Waals surface area contributed by atoms with Crippen molar-refractivity contribution in [2.45, 2.75) is 5.75 Å². The molecule has 24 heavy (non-hydrogen) atoms. The molecular weight excluding hydrogens is 324 g/mol. The molecule has 2 N–H and O–H groups in total. The van der Waals surface area contributed by atoms with Gasteiger partial charge in [0.25, 0.3) is 0 Å². The monoisotopic (exact) mass is 344 g/mol. The Kier molecular flexibility index (Phi) is 7.17. The van der Waals surface area contributed by atoms with Crippen LogP contribution in [0.4, 0.5) is 10.5 Å². The zero-order valence-corrected chi connectivity index (χ0v) is 14.3. The number of urea groups is 1. The van der Waals surface area contributed by atoms with E-state index >= 15 is 0 Å². The van der Waals surface area contributed by atoms with E-state index in [0.29, 0.717) is 17.8 Å². The topological polar surface area (TPSA) is 67.4 Å². The average molecular weight is 344 g/mol. The van der Waals surface area contributed by atoms with Gasteiger partial charge in [-0.1, -0.05) is 36.4 Å². The summed E-state index contributed by atoms with van der Waals surface area (Å²) in [5.41, 5.74) is 2.22. The maximum atomic E-state index is 11.8. The van der Waals surface area contributed by atoms with Crippen molar-refractivity contribution in [1.82, 2.24) is 5.32 Å². The largest absolute Gasteiger partial charge is 0.465 e.